The summed E-state index contributed by atoms with van der Waals surface area (Å²) in [4.78, 5) is 0. The van der Waals surface area contributed by atoms with Crippen LogP contribution in [0.3, 0.4) is 0 Å². The van der Waals surface area contributed by atoms with Gasteiger partial charge in [0.05, 0.1) is 5.41 Å². The molecule has 0 saturated heterocycles. The van der Waals surface area contributed by atoms with E-state index in [-0.39, 0.29) is 0 Å². The summed E-state index contributed by atoms with van der Waals surface area (Å²) in [5.74, 6) is 0. The first kappa shape index (κ1) is 31.5. The molecular formula is C55H34S. The van der Waals surface area contributed by atoms with Gasteiger partial charge in [0.15, 0.2) is 0 Å². The monoisotopic (exact) mass is 726 g/mol. The van der Waals surface area contributed by atoms with Crippen molar-refractivity contribution in [2.45, 2.75) is 5.41 Å². The lowest BCUT2D eigenvalue weighted by molar-refractivity contribution is 0.769. The Bertz CT molecular complexity index is 3260. The van der Waals surface area contributed by atoms with E-state index in [4.69, 9.17) is 0 Å². The first-order chi connectivity index (χ1) is 27.8. The number of hydrogen-bond donors (Lipinski definition) is 0. The smallest absolute Gasteiger partial charge is 0.0713 e. The molecule has 1 aliphatic rings. The Morgan fingerprint density at radius 2 is 0.839 bits per heavy atom. The molecule has 1 heterocycles. The van der Waals surface area contributed by atoms with Crippen molar-refractivity contribution < 1.29 is 0 Å². The number of thiophene rings is 1. The number of rotatable bonds is 4. The van der Waals surface area contributed by atoms with Gasteiger partial charge in [-0.2, -0.15) is 0 Å². The van der Waals surface area contributed by atoms with Crippen LogP contribution in [-0.2, 0) is 5.41 Å². The van der Waals surface area contributed by atoms with Gasteiger partial charge in [-0.1, -0.05) is 188 Å². The molecule has 0 atom stereocenters. The molecule has 0 aliphatic heterocycles. The van der Waals surface area contributed by atoms with Gasteiger partial charge < -0.3 is 0 Å². The average Bonchev–Trinajstić information content (AvgIpc) is 3.80. The van der Waals surface area contributed by atoms with Crippen LogP contribution in [0.1, 0.15) is 22.3 Å². The predicted molar refractivity (Wildman–Crippen MR) is 240 cm³/mol. The third-order valence-corrected chi connectivity index (χ3v) is 13.5. The van der Waals surface area contributed by atoms with Gasteiger partial charge in [0, 0.05) is 20.2 Å². The van der Waals surface area contributed by atoms with Gasteiger partial charge in [-0.05, 0) is 106 Å². The van der Waals surface area contributed by atoms with E-state index in [9.17, 15) is 0 Å². The predicted octanol–water partition coefficient (Wildman–Crippen LogP) is 15.2. The fourth-order valence-electron chi connectivity index (χ4n) is 10.0. The largest absolute Gasteiger partial charge is 0.135 e. The van der Waals surface area contributed by atoms with E-state index in [0.29, 0.717) is 0 Å². The zero-order chi connectivity index (χ0) is 36.8. The van der Waals surface area contributed by atoms with Crippen LogP contribution in [0.15, 0.2) is 206 Å². The average molecular weight is 727 g/mol. The molecule has 0 radical (unpaired) electrons. The topological polar surface area (TPSA) is 0 Å². The molecule has 0 saturated carbocycles. The highest BCUT2D eigenvalue weighted by Crippen LogP contribution is 2.56. The van der Waals surface area contributed by atoms with Crippen LogP contribution < -0.4 is 0 Å². The number of benzene rings is 10. The van der Waals surface area contributed by atoms with Crippen molar-refractivity contribution in [1.29, 1.82) is 0 Å². The molecule has 0 bridgehead atoms. The summed E-state index contributed by atoms with van der Waals surface area (Å²) < 4.78 is 2.70. The molecule has 1 heteroatoms. The molecule has 0 unspecified atom stereocenters. The lowest BCUT2D eigenvalue weighted by Gasteiger charge is -2.34. The highest BCUT2D eigenvalue weighted by Gasteiger charge is 2.45. The van der Waals surface area contributed by atoms with Crippen molar-refractivity contribution in [3.63, 3.8) is 0 Å². The maximum atomic E-state index is 2.48. The van der Waals surface area contributed by atoms with E-state index in [0.717, 1.165) is 0 Å². The second kappa shape index (κ2) is 12.1. The summed E-state index contributed by atoms with van der Waals surface area (Å²) in [6.07, 6.45) is 0. The molecule has 0 fully saturated rings. The molecule has 56 heavy (non-hydrogen) atoms. The van der Waals surface area contributed by atoms with Crippen molar-refractivity contribution in [3.8, 4) is 33.4 Å². The Balaban J connectivity index is 1.11. The van der Waals surface area contributed by atoms with Gasteiger partial charge in [0.25, 0.3) is 0 Å². The van der Waals surface area contributed by atoms with Crippen LogP contribution >= 0.6 is 11.3 Å². The van der Waals surface area contributed by atoms with Crippen molar-refractivity contribution in [2.24, 2.45) is 0 Å². The zero-order valence-corrected chi connectivity index (χ0v) is 31.4. The summed E-state index contributed by atoms with van der Waals surface area (Å²) in [6, 6.07) is 77.1. The van der Waals surface area contributed by atoms with Gasteiger partial charge in [0.1, 0.15) is 0 Å². The summed E-state index contributed by atoms with van der Waals surface area (Å²) in [6.45, 7) is 0. The summed E-state index contributed by atoms with van der Waals surface area (Å²) in [5, 5.41) is 10.3. The SMILES string of the molecule is c1ccc(C2(c3cccc(-c4c5ccccc5c(-c5ccc6c(ccc7c8ccccc8sc67)c5)c5ccccc45)c3)c3ccccc3-c3ccccc32)cc1. The van der Waals surface area contributed by atoms with Crippen LogP contribution in [-0.4, -0.2) is 0 Å². The van der Waals surface area contributed by atoms with E-state index >= 15 is 0 Å². The van der Waals surface area contributed by atoms with Gasteiger partial charge >= 0.3 is 0 Å². The molecule has 12 rings (SSSR count). The highest BCUT2D eigenvalue weighted by atomic mass is 32.1. The Morgan fingerprint density at radius 3 is 1.50 bits per heavy atom. The summed E-state index contributed by atoms with van der Waals surface area (Å²) >= 11 is 1.90. The molecular weight excluding hydrogens is 693 g/mol. The lowest BCUT2D eigenvalue weighted by Crippen LogP contribution is -2.28. The molecule has 10 aromatic carbocycles. The van der Waals surface area contributed by atoms with Crippen molar-refractivity contribution in [2.75, 3.05) is 0 Å². The summed E-state index contributed by atoms with van der Waals surface area (Å²) in [7, 11) is 0. The van der Waals surface area contributed by atoms with Crippen molar-refractivity contribution in [3.05, 3.63) is 229 Å². The second-order valence-electron chi connectivity index (χ2n) is 15.1. The van der Waals surface area contributed by atoms with Crippen molar-refractivity contribution in [1.82, 2.24) is 0 Å². The maximum absolute atomic E-state index is 2.48. The van der Waals surface area contributed by atoms with Gasteiger partial charge in [-0.25, -0.2) is 0 Å². The van der Waals surface area contributed by atoms with Crippen LogP contribution in [0.5, 0.6) is 0 Å². The molecule has 0 amide bonds. The molecule has 0 N–H and O–H groups in total. The van der Waals surface area contributed by atoms with Gasteiger partial charge in [0.2, 0.25) is 0 Å². The van der Waals surface area contributed by atoms with Crippen molar-refractivity contribution >= 4 is 63.8 Å². The number of fused-ring (bicyclic) bond motifs is 10. The van der Waals surface area contributed by atoms with Gasteiger partial charge in [-0.3, -0.25) is 0 Å². The first-order valence-corrected chi connectivity index (χ1v) is 20.2. The standard InChI is InChI=1S/C55H34S/c1-2-16-38(17-3-1)55(49-26-11-8-19-41(49)42-20-9-12-27-50(42)55)39-18-14-15-36(34-39)52-44-22-4-6-24-46(44)53(47-25-7-5-23-45(47)52)37-30-31-40-35(33-37)29-32-48-43-21-10-13-28-51(43)56-54(40)48/h1-34H. The molecule has 260 valence electrons. The third-order valence-electron chi connectivity index (χ3n) is 12.3. The van der Waals surface area contributed by atoms with E-state index in [1.165, 1.54) is 108 Å². The highest BCUT2D eigenvalue weighted by molar-refractivity contribution is 7.26. The second-order valence-corrected chi connectivity index (χ2v) is 16.2. The Hall–Kier alpha value is -6.80. The Labute approximate surface area is 329 Å². The van der Waals surface area contributed by atoms with E-state index in [2.05, 4.69) is 206 Å². The maximum Gasteiger partial charge on any atom is 0.0713 e. The lowest BCUT2D eigenvalue weighted by atomic mass is 9.67. The minimum atomic E-state index is -0.457. The fourth-order valence-corrected chi connectivity index (χ4v) is 11.3. The molecule has 0 spiro atoms. The minimum Gasteiger partial charge on any atom is -0.135 e. The van der Waals surface area contributed by atoms with Gasteiger partial charge in [-0.15, -0.1) is 11.3 Å². The normalized spacial score (nSPS) is 13.1. The number of hydrogen-bond acceptors (Lipinski definition) is 1. The summed E-state index contributed by atoms with van der Waals surface area (Å²) in [5.41, 5.74) is 12.4. The Kier molecular flexibility index (Phi) is 6.82. The van der Waals surface area contributed by atoms with Crippen LogP contribution in [0.2, 0.25) is 0 Å². The quantitative estimate of drug-likeness (QED) is 0.158. The van der Waals surface area contributed by atoms with Crippen LogP contribution in [0.25, 0.3) is 85.9 Å². The molecule has 1 aromatic heterocycles. The fraction of sp³-hybridized carbons (Fsp3) is 0.0182. The van der Waals surface area contributed by atoms with Crippen LogP contribution in [0, 0.1) is 0 Å². The molecule has 1 aliphatic carbocycles. The third kappa shape index (κ3) is 4.35. The first-order valence-electron chi connectivity index (χ1n) is 19.4. The minimum absolute atomic E-state index is 0.457. The zero-order valence-electron chi connectivity index (χ0n) is 30.5. The van der Waals surface area contributed by atoms with E-state index in [1.54, 1.807) is 0 Å². The van der Waals surface area contributed by atoms with E-state index < -0.39 is 5.41 Å². The van der Waals surface area contributed by atoms with Crippen LogP contribution in [0.4, 0.5) is 0 Å². The van der Waals surface area contributed by atoms with E-state index in [1.807, 2.05) is 11.3 Å². The molecule has 11 aromatic rings. The Morgan fingerprint density at radius 1 is 0.321 bits per heavy atom. The molecule has 0 nitrogen and oxygen atoms in total.